The number of amides is 2. The van der Waals surface area contributed by atoms with Crippen LogP contribution in [0.25, 0.3) is 6.08 Å². The predicted molar refractivity (Wildman–Crippen MR) is 130 cm³/mol. The molecule has 0 atom stereocenters. The van der Waals surface area contributed by atoms with Crippen LogP contribution in [0.3, 0.4) is 0 Å². The molecule has 0 unspecified atom stereocenters. The average molecular weight is 473 g/mol. The summed E-state index contributed by atoms with van der Waals surface area (Å²) in [6.07, 6.45) is 3.11. The Morgan fingerprint density at radius 3 is 2.38 bits per heavy atom. The maximum Gasteiger partial charge on any atom is 0.268 e. The van der Waals surface area contributed by atoms with Crippen LogP contribution >= 0.6 is 11.6 Å². The number of carbonyl (C=O) groups is 2. The molecule has 1 heterocycles. The number of hydrogen-bond acceptors (Lipinski definition) is 4. The van der Waals surface area contributed by atoms with Gasteiger partial charge in [0.15, 0.2) is 0 Å². The Balaban J connectivity index is 1.57. The molecule has 7 heteroatoms. The van der Waals surface area contributed by atoms with Gasteiger partial charge in [-0.25, -0.2) is 0 Å². The summed E-state index contributed by atoms with van der Waals surface area (Å²) in [4.78, 5) is 25.7. The summed E-state index contributed by atoms with van der Waals surface area (Å²) in [6, 6.07) is 26.5. The van der Waals surface area contributed by atoms with Gasteiger partial charge in [-0.3, -0.25) is 9.59 Å². The zero-order valence-electron chi connectivity index (χ0n) is 18.0. The first kappa shape index (κ1) is 22.9. The maximum absolute atomic E-state index is 13.0. The largest absolute Gasteiger partial charge is 0.467 e. The van der Waals surface area contributed by atoms with Crippen molar-refractivity contribution in [2.75, 3.05) is 0 Å². The van der Waals surface area contributed by atoms with Crippen LogP contribution in [0.4, 0.5) is 0 Å². The highest BCUT2D eigenvalue weighted by atomic mass is 35.5. The molecular weight excluding hydrogens is 452 g/mol. The Bertz CT molecular complexity index is 1280. The van der Waals surface area contributed by atoms with E-state index in [1.807, 2.05) is 48.5 Å². The van der Waals surface area contributed by atoms with Crippen LogP contribution < -0.4 is 15.4 Å². The minimum atomic E-state index is -0.465. The molecule has 170 valence electrons. The van der Waals surface area contributed by atoms with Gasteiger partial charge < -0.3 is 19.8 Å². The van der Waals surface area contributed by atoms with Crippen LogP contribution in [0.15, 0.2) is 107 Å². The van der Waals surface area contributed by atoms with Crippen LogP contribution in [0.5, 0.6) is 11.5 Å². The zero-order valence-corrected chi connectivity index (χ0v) is 18.8. The van der Waals surface area contributed by atoms with E-state index in [2.05, 4.69) is 10.6 Å². The molecule has 6 nitrogen and oxygen atoms in total. The minimum absolute atomic E-state index is 0.0726. The van der Waals surface area contributed by atoms with Gasteiger partial charge in [-0.2, -0.15) is 0 Å². The first-order chi connectivity index (χ1) is 16.6. The van der Waals surface area contributed by atoms with Crippen LogP contribution in [-0.2, 0) is 11.3 Å². The first-order valence-electron chi connectivity index (χ1n) is 10.5. The second-order valence-corrected chi connectivity index (χ2v) is 7.71. The summed E-state index contributed by atoms with van der Waals surface area (Å²) in [7, 11) is 0. The molecule has 0 saturated carbocycles. The normalized spacial score (nSPS) is 11.0. The number of halogens is 1. The third kappa shape index (κ3) is 6.37. The van der Waals surface area contributed by atoms with E-state index in [0.717, 1.165) is 0 Å². The Morgan fingerprint density at radius 2 is 1.65 bits per heavy atom. The number of rotatable bonds is 8. The molecule has 2 N–H and O–H groups in total. The van der Waals surface area contributed by atoms with Crippen molar-refractivity contribution in [3.05, 3.63) is 125 Å². The van der Waals surface area contributed by atoms with E-state index < -0.39 is 11.8 Å². The standard InChI is InChI=1S/C27H21ClN2O4/c28-21-13-11-20(12-14-21)26(31)30-25(27(32)29-18-24-10-5-15-33-24)17-19-6-4-9-23(16-19)34-22-7-2-1-3-8-22/h1-17H,18H2,(H,29,32)(H,30,31). The van der Waals surface area contributed by atoms with Gasteiger partial charge in [0.05, 0.1) is 12.8 Å². The number of ether oxygens (including phenoxy) is 1. The summed E-state index contributed by atoms with van der Waals surface area (Å²) in [5, 5.41) is 5.97. The number of furan rings is 1. The minimum Gasteiger partial charge on any atom is -0.467 e. The fourth-order valence-corrected chi connectivity index (χ4v) is 3.22. The van der Waals surface area contributed by atoms with Crippen LogP contribution in [0, 0.1) is 0 Å². The van der Waals surface area contributed by atoms with Crippen molar-refractivity contribution in [3.8, 4) is 11.5 Å². The van der Waals surface area contributed by atoms with Crippen molar-refractivity contribution in [3.63, 3.8) is 0 Å². The summed E-state index contributed by atoms with van der Waals surface area (Å²) in [5.41, 5.74) is 1.12. The molecule has 2 amide bonds. The highest BCUT2D eigenvalue weighted by Gasteiger charge is 2.15. The van der Waals surface area contributed by atoms with Gasteiger partial charge in [0.25, 0.3) is 11.8 Å². The van der Waals surface area contributed by atoms with Crippen molar-refractivity contribution < 1.29 is 18.7 Å². The lowest BCUT2D eigenvalue weighted by molar-refractivity contribution is -0.118. The summed E-state index contributed by atoms with van der Waals surface area (Å²) in [6.45, 7) is 0.178. The molecule has 0 aliphatic rings. The van der Waals surface area contributed by atoms with Crippen molar-refractivity contribution in [2.45, 2.75) is 6.54 Å². The molecule has 0 spiro atoms. The molecule has 3 aromatic carbocycles. The van der Waals surface area contributed by atoms with Crippen LogP contribution in [0.2, 0.25) is 5.02 Å². The number of nitrogens with one attached hydrogen (secondary N) is 2. The second kappa shape index (κ2) is 11.0. The lowest BCUT2D eigenvalue weighted by atomic mass is 10.1. The number of benzene rings is 3. The van der Waals surface area contributed by atoms with Gasteiger partial charge in [0, 0.05) is 10.6 Å². The lowest BCUT2D eigenvalue weighted by Gasteiger charge is -2.11. The summed E-state index contributed by atoms with van der Waals surface area (Å²) in [5.74, 6) is 0.978. The Labute approximate surface area is 201 Å². The summed E-state index contributed by atoms with van der Waals surface area (Å²) >= 11 is 5.91. The third-order valence-electron chi connectivity index (χ3n) is 4.75. The van der Waals surface area contributed by atoms with E-state index in [4.69, 9.17) is 20.8 Å². The van der Waals surface area contributed by atoms with Crippen LogP contribution in [0.1, 0.15) is 21.7 Å². The second-order valence-electron chi connectivity index (χ2n) is 7.27. The SMILES string of the molecule is O=C(NCc1ccco1)C(=Cc1cccc(Oc2ccccc2)c1)NC(=O)c1ccc(Cl)cc1. The molecule has 0 radical (unpaired) electrons. The van der Waals surface area contributed by atoms with Crippen LogP contribution in [-0.4, -0.2) is 11.8 Å². The number of para-hydroxylation sites is 1. The fraction of sp³-hybridized carbons (Fsp3) is 0.0370. The van der Waals surface area contributed by atoms with Gasteiger partial charge in [-0.05, 0) is 72.3 Å². The molecule has 4 aromatic rings. The molecule has 0 saturated heterocycles. The van der Waals surface area contributed by atoms with E-state index in [0.29, 0.717) is 33.4 Å². The molecule has 0 fully saturated rings. The molecular formula is C27H21ClN2O4. The predicted octanol–water partition coefficient (Wildman–Crippen LogP) is 5.81. The summed E-state index contributed by atoms with van der Waals surface area (Å²) < 4.78 is 11.1. The monoisotopic (exact) mass is 472 g/mol. The highest BCUT2D eigenvalue weighted by molar-refractivity contribution is 6.30. The van der Waals surface area contributed by atoms with Gasteiger partial charge in [-0.1, -0.05) is 41.9 Å². The highest BCUT2D eigenvalue weighted by Crippen LogP contribution is 2.23. The molecule has 34 heavy (non-hydrogen) atoms. The Hall–Kier alpha value is -4.29. The van der Waals surface area contributed by atoms with Gasteiger partial charge in [0.1, 0.15) is 23.0 Å². The Kier molecular flexibility index (Phi) is 7.42. The van der Waals surface area contributed by atoms with E-state index in [-0.39, 0.29) is 12.2 Å². The lowest BCUT2D eigenvalue weighted by Crippen LogP contribution is -2.34. The van der Waals surface area contributed by atoms with Crippen molar-refractivity contribution in [2.24, 2.45) is 0 Å². The van der Waals surface area contributed by atoms with E-state index in [1.54, 1.807) is 48.5 Å². The maximum atomic E-state index is 13.0. The van der Waals surface area contributed by atoms with E-state index in [1.165, 1.54) is 6.26 Å². The van der Waals surface area contributed by atoms with Crippen molar-refractivity contribution in [1.82, 2.24) is 10.6 Å². The van der Waals surface area contributed by atoms with Gasteiger partial charge >= 0.3 is 0 Å². The van der Waals surface area contributed by atoms with E-state index in [9.17, 15) is 9.59 Å². The number of hydrogen-bond donors (Lipinski definition) is 2. The van der Waals surface area contributed by atoms with Crippen molar-refractivity contribution in [1.29, 1.82) is 0 Å². The molecule has 0 aliphatic heterocycles. The average Bonchev–Trinajstić information content (AvgIpc) is 3.37. The third-order valence-corrected chi connectivity index (χ3v) is 5.00. The molecule has 1 aromatic heterocycles. The molecule has 0 bridgehead atoms. The van der Waals surface area contributed by atoms with E-state index >= 15 is 0 Å². The Morgan fingerprint density at radius 1 is 0.882 bits per heavy atom. The fourth-order valence-electron chi connectivity index (χ4n) is 3.09. The molecule has 4 rings (SSSR count). The van der Waals surface area contributed by atoms with Gasteiger partial charge in [0.2, 0.25) is 0 Å². The first-order valence-corrected chi connectivity index (χ1v) is 10.9. The molecule has 0 aliphatic carbocycles. The zero-order chi connectivity index (χ0) is 23.8. The topological polar surface area (TPSA) is 80.6 Å². The smallest absolute Gasteiger partial charge is 0.268 e. The quantitative estimate of drug-likeness (QED) is 0.317. The van der Waals surface area contributed by atoms with Crippen molar-refractivity contribution >= 4 is 29.5 Å². The van der Waals surface area contributed by atoms with Gasteiger partial charge in [-0.15, -0.1) is 0 Å². The number of carbonyl (C=O) groups excluding carboxylic acids is 2.